The number of nitrogens with zero attached hydrogens (tertiary/aromatic N) is 1. The van der Waals surface area contributed by atoms with Crippen LogP contribution in [0.15, 0.2) is 78.9 Å². The number of hydrogen-bond acceptors (Lipinski definition) is 8. The largest absolute Gasteiger partial charge is 0.478 e. The third-order valence-electron chi connectivity index (χ3n) is 6.86. The Hall–Kier alpha value is -7.16. The molecule has 1 aliphatic heterocycles. The molecule has 1 heterocycles. The van der Waals surface area contributed by atoms with Crippen LogP contribution < -0.4 is 15.5 Å². The predicted octanol–water partition coefficient (Wildman–Crippen LogP) is 3.78. The zero-order chi connectivity index (χ0) is 34.2. The molecular weight excluding hydrogens is 618 g/mol. The highest BCUT2D eigenvalue weighted by atomic mass is 16.4. The molecule has 0 radical (unpaired) electrons. The molecule has 0 unspecified atom stereocenters. The summed E-state index contributed by atoms with van der Waals surface area (Å²) in [5.74, 6) is -9.46. The first-order chi connectivity index (χ1) is 22.2. The number of carbonyl (C=O) groups is 8. The minimum Gasteiger partial charge on any atom is -0.478 e. The summed E-state index contributed by atoms with van der Waals surface area (Å²) in [6.45, 7) is 0. The molecule has 0 bridgehead atoms. The van der Waals surface area contributed by atoms with Crippen LogP contribution in [0.25, 0.3) is 0 Å². The van der Waals surface area contributed by atoms with E-state index in [1.165, 1.54) is 24.3 Å². The van der Waals surface area contributed by atoms with E-state index in [0.29, 0.717) is 0 Å². The van der Waals surface area contributed by atoms with Crippen LogP contribution in [0.4, 0.5) is 17.1 Å². The molecule has 0 aliphatic carbocycles. The Morgan fingerprint density at radius 3 is 1.11 bits per heavy atom. The number of fused-ring (bicyclic) bond motifs is 1. The minimum atomic E-state index is -1.48. The maximum atomic E-state index is 13.4. The fourth-order valence-electron chi connectivity index (χ4n) is 4.73. The average molecular weight is 638 g/mol. The number of benzene rings is 4. The lowest BCUT2D eigenvalue weighted by Gasteiger charge is -2.17. The van der Waals surface area contributed by atoms with E-state index in [1.807, 2.05) is 0 Å². The van der Waals surface area contributed by atoms with Gasteiger partial charge >= 0.3 is 23.9 Å². The molecule has 0 spiro atoms. The summed E-state index contributed by atoms with van der Waals surface area (Å²) < 4.78 is 0. The minimum absolute atomic E-state index is 0.0525. The molecule has 15 nitrogen and oxygen atoms in total. The maximum absolute atomic E-state index is 13.4. The Balaban J connectivity index is 1.58. The third-order valence-corrected chi connectivity index (χ3v) is 6.86. The van der Waals surface area contributed by atoms with E-state index in [0.717, 1.165) is 59.5 Å². The van der Waals surface area contributed by atoms with Gasteiger partial charge in [0.15, 0.2) is 0 Å². The van der Waals surface area contributed by atoms with Crippen LogP contribution in [0, 0.1) is 0 Å². The highest BCUT2D eigenvalue weighted by molar-refractivity contribution is 6.34. The van der Waals surface area contributed by atoms with Gasteiger partial charge in [-0.05, 0) is 66.7 Å². The SMILES string of the molecule is O=C(O)c1cc(NC(=O)c2cc(C(=O)Nc3cc(C(=O)O)cc(C(=O)O)c3)cc(N3C(=O)c4ccccc4C3=O)c2)cc(C(=O)O)c1. The van der Waals surface area contributed by atoms with Crippen molar-refractivity contribution in [1.29, 1.82) is 0 Å². The summed E-state index contributed by atoms with van der Waals surface area (Å²) in [6.07, 6.45) is 0. The van der Waals surface area contributed by atoms with E-state index >= 15 is 0 Å². The molecule has 4 aromatic rings. The van der Waals surface area contributed by atoms with Crippen molar-refractivity contribution in [2.75, 3.05) is 15.5 Å². The molecule has 0 saturated heterocycles. The highest BCUT2D eigenvalue weighted by Gasteiger charge is 2.37. The number of aromatic carboxylic acids is 4. The molecule has 0 aromatic heterocycles. The standard InChI is InChI=1S/C32H19N3O12/c36-25(33-20-8-16(29(40)41)6-17(9-20)30(42)43)14-5-15(26(37)34-21-10-18(31(44)45)7-19(11-21)32(46)47)13-22(12-14)35-27(38)23-3-1-2-4-24(23)28(35)39/h1-13H,(H,33,36)(H,34,37)(H,40,41)(H,42,43)(H,44,45)(H,46,47). The van der Waals surface area contributed by atoms with E-state index < -0.39 is 69.8 Å². The lowest BCUT2D eigenvalue weighted by molar-refractivity contribution is 0.0676. The molecule has 47 heavy (non-hydrogen) atoms. The summed E-state index contributed by atoms with van der Waals surface area (Å²) in [5.41, 5.74) is -3.10. The van der Waals surface area contributed by atoms with Crippen molar-refractivity contribution < 1.29 is 58.8 Å². The van der Waals surface area contributed by atoms with Crippen LogP contribution in [0.2, 0.25) is 0 Å². The number of carboxylic acids is 4. The van der Waals surface area contributed by atoms with Gasteiger partial charge in [0, 0.05) is 22.5 Å². The van der Waals surface area contributed by atoms with Gasteiger partial charge in [-0.3, -0.25) is 19.2 Å². The Morgan fingerprint density at radius 1 is 0.468 bits per heavy atom. The Morgan fingerprint density at radius 2 is 0.787 bits per heavy atom. The first kappa shape index (κ1) is 31.3. The fraction of sp³-hybridized carbons (Fsp3) is 0. The average Bonchev–Trinajstić information content (AvgIpc) is 3.29. The number of rotatable bonds is 9. The molecule has 15 heteroatoms. The van der Waals surface area contributed by atoms with E-state index in [-0.39, 0.29) is 39.3 Å². The molecule has 4 aromatic carbocycles. The maximum Gasteiger partial charge on any atom is 0.335 e. The first-order valence-electron chi connectivity index (χ1n) is 13.2. The van der Waals surface area contributed by atoms with Gasteiger partial charge < -0.3 is 31.1 Å². The molecule has 234 valence electrons. The van der Waals surface area contributed by atoms with Crippen molar-refractivity contribution in [3.63, 3.8) is 0 Å². The number of hydrogen-bond donors (Lipinski definition) is 6. The van der Waals surface area contributed by atoms with Crippen molar-refractivity contribution >= 4 is 64.6 Å². The van der Waals surface area contributed by atoms with Crippen molar-refractivity contribution in [3.05, 3.63) is 123 Å². The molecule has 1 aliphatic rings. The summed E-state index contributed by atoms with van der Waals surface area (Å²) >= 11 is 0. The molecule has 0 atom stereocenters. The van der Waals surface area contributed by atoms with Gasteiger partial charge in [-0.15, -0.1) is 0 Å². The van der Waals surface area contributed by atoms with Gasteiger partial charge in [-0.2, -0.15) is 0 Å². The van der Waals surface area contributed by atoms with Gasteiger partial charge in [-0.25, -0.2) is 24.1 Å². The Kier molecular flexibility index (Phi) is 8.04. The van der Waals surface area contributed by atoms with Gasteiger partial charge in [-0.1, -0.05) is 12.1 Å². The Bertz CT molecular complexity index is 1900. The predicted molar refractivity (Wildman–Crippen MR) is 161 cm³/mol. The number of anilines is 3. The van der Waals surface area contributed by atoms with Crippen LogP contribution in [-0.4, -0.2) is 67.9 Å². The number of amides is 4. The molecule has 6 N–H and O–H groups in total. The number of carbonyl (C=O) groups excluding carboxylic acids is 4. The van der Waals surface area contributed by atoms with Crippen LogP contribution in [-0.2, 0) is 0 Å². The molecule has 5 rings (SSSR count). The topological polar surface area (TPSA) is 245 Å². The quantitative estimate of drug-likeness (QED) is 0.144. The lowest BCUT2D eigenvalue weighted by Crippen LogP contribution is -2.30. The van der Waals surface area contributed by atoms with Crippen molar-refractivity contribution in [1.82, 2.24) is 0 Å². The molecular formula is C32H19N3O12. The van der Waals surface area contributed by atoms with Crippen LogP contribution in [0.1, 0.15) is 82.9 Å². The van der Waals surface area contributed by atoms with E-state index in [9.17, 15) is 58.8 Å². The van der Waals surface area contributed by atoms with Gasteiger partial charge in [0.25, 0.3) is 23.6 Å². The second-order valence-corrected chi connectivity index (χ2v) is 9.99. The van der Waals surface area contributed by atoms with Gasteiger partial charge in [0.1, 0.15) is 0 Å². The Labute approximate surface area is 262 Å². The van der Waals surface area contributed by atoms with E-state index in [1.54, 1.807) is 0 Å². The van der Waals surface area contributed by atoms with Crippen molar-refractivity contribution in [2.24, 2.45) is 0 Å². The number of nitrogens with one attached hydrogen (secondary N) is 2. The summed E-state index contributed by atoms with van der Waals surface area (Å²) in [4.78, 5) is 100. The van der Waals surface area contributed by atoms with Crippen LogP contribution >= 0.6 is 0 Å². The summed E-state index contributed by atoms with van der Waals surface area (Å²) in [7, 11) is 0. The molecule has 4 amide bonds. The smallest absolute Gasteiger partial charge is 0.335 e. The zero-order valence-corrected chi connectivity index (χ0v) is 23.5. The monoisotopic (exact) mass is 637 g/mol. The van der Waals surface area contributed by atoms with Crippen LogP contribution in [0.3, 0.4) is 0 Å². The highest BCUT2D eigenvalue weighted by Crippen LogP contribution is 2.31. The van der Waals surface area contributed by atoms with E-state index in [4.69, 9.17) is 0 Å². The van der Waals surface area contributed by atoms with Gasteiger partial charge in [0.2, 0.25) is 0 Å². The fourth-order valence-corrected chi connectivity index (χ4v) is 4.73. The normalized spacial score (nSPS) is 11.9. The molecule has 0 saturated carbocycles. The van der Waals surface area contributed by atoms with Crippen LogP contribution in [0.5, 0.6) is 0 Å². The summed E-state index contributed by atoms with van der Waals surface area (Å²) in [6, 6.07) is 14.8. The van der Waals surface area contributed by atoms with Crippen molar-refractivity contribution in [2.45, 2.75) is 0 Å². The lowest BCUT2D eigenvalue weighted by atomic mass is 10.1. The number of imide groups is 1. The zero-order valence-electron chi connectivity index (χ0n) is 23.5. The third kappa shape index (κ3) is 6.25. The second-order valence-electron chi connectivity index (χ2n) is 9.99. The van der Waals surface area contributed by atoms with E-state index in [2.05, 4.69) is 10.6 Å². The second kappa shape index (κ2) is 12.1. The van der Waals surface area contributed by atoms with Crippen molar-refractivity contribution in [3.8, 4) is 0 Å². The van der Waals surface area contributed by atoms with Gasteiger partial charge in [0.05, 0.1) is 39.1 Å². The molecule has 0 fully saturated rings. The first-order valence-corrected chi connectivity index (χ1v) is 13.2. The number of carboxylic acid groups (broad SMARTS) is 4. The summed E-state index contributed by atoms with van der Waals surface area (Å²) in [5, 5.41) is 42.2.